The molecule has 0 fully saturated rings. The van der Waals surface area contributed by atoms with Crippen molar-refractivity contribution >= 4 is 17.4 Å². The van der Waals surface area contributed by atoms with Gasteiger partial charge in [0.05, 0.1) is 0 Å². The molecule has 9 heteroatoms. The van der Waals surface area contributed by atoms with Crippen LogP contribution in [-0.2, 0) is 83.7 Å². The first kappa shape index (κ1) is 155. The van der Waals surface area contributed by atoms with Gasteiger partial charge in [-0.05, 0) is 0 Å². The quantitative estimate of drug-likeness (QED) is 0.445. The predicted molar refractivity (Wildman–Crippen MR) is 30.0 cm³/mol. The van der Waals surface area contributed by atoms with Crippen LogP contribution in [0.3, 0.4) is 0 Å². The smallest absolute Gasteiger partial charge is 0.187 e. The van der Waals surface area contributed by atoms with Crippen LogP contribution in [0.15, 0.2) is 0 Å². The minimum atomic E-state index is 0. The number of hydrogen-bond donors (Lipinski definition) is 4. The Morgan fingerprint density at radius 1 is 0.444 bits per heavy atom. The summed E-state index contributed by atoms with van der Waals surface area (Å²) in [6, 6.07) is 0. The topological polar surface area (TPSA) is 140 Å². The predicted octanol–water partition coefficient (Wildman–Crippen LogP) is -0.546. The number of rotatable bonds is 0. The minimum absolute atomic E-state index is 0. The monoisotopic (exact) mass is 293 g/mol. The van der Waals surface area contributed by atoms with E-state index >= 15 is 0 Å². The second kappa shape index (κ2) is 118. The summed E-state index contributed by atoms with van der Waals surface area (Å²) in [6.07, 6.45) is 0. The molecular weight excluding hydrogens is 278 g/mol. The van der Waals surface area contributed by atoms with E-state index in [1.165, 1.54) is 0 Å². The van der Waals surface area contributed by atoms with E-state index in [2.05, 4.69) is 0 Å². The zero-order chi connectivity index (χ0) is 0. The van der Waals surface area contributed by atoms with Crippen molar-refractivity contribution in [1.29, 1.82) is 0 Å². The average molecular weight is 293 g/mol. The van der Waals surface area contributed by atoms with E-state index in [0.717, 1.165) is 0 Å². The Balaban J connectivity index is 0. The minimum Gasteiger partial charge on any atom is -0.344 e. The fourth-order valence-corrected chi connectivity index (χ4v) is 0. The largest absolute Gasteiger partial charge is 0.344 e. The molecule has 0 saturated heterocycles. The maximum absolute atomic E-state index is 0. The van der Waals surface area contributed by atoms with Gasteiger partial charge in [-0.3, -0.25) is 0 Å². The van der Waals surface area contributed by atoms with Crippen LogP contribution in [0.4, 0.5) is 0 Å². The van der Waals surface area contributed by atoms with Gasteiger partial charge < -0.3 is 24.6 Å². The van der Waals surface area contributed by atoms with Gasteiger partial charge in [-0.15, -0.1) is 0 Å². The van der Waals surface area contributed by atoms with Crippen LogP contribution in [0.5, 0.6) is 0 Å². The molecule has 0 aromatic heterocycles. The van der Waals surface area contributed by atoms with E-state index in [-0.39, 0.29) is 126 Å². The van der Waals surface area contributed by atoms with Crippen molar-refractivity contribution in [3.05, 3.63) is 0 Å². The molecule has 0 atom stereocenters. The van der Waals surface area contributed by atoms with Gasteiger partial charge in [-0.25, -0.2) is 0 Å². The van der Waals surface area contributed by atoms with Gasteiger partial charge in [-0.1, -0.05) is 0 Å². The van der Waals surface area contributed by atoms with Gasteiger partial charge in [0, 0.05) is 83.7 Å². The molecule has 0 aromatic carbocycles. The molecule has 9 heavy (non-hydrogen) atoms. The summed E-state index contributed by atoms with van der Waals surface area (Å²) >= 11 is 0. The van der Waals surface area contributed by atoms with Gasteiger partial charge in [0.15, 0.2) is 17.4 Å². The molecule has 12 N–H and O–H groups in total. The SMILES string of the molecule is N.N.N.N.[AlH3].[Ti].[Ti].[Ti].[V]. The summed E-state index contributed by atoms with van der Waals surface area (Å²) in [6.45, 7) is 0. The van der Waals surface area contributed by atoms with Gasteiger partial charge in [-0.2, -0.15) is 0 Å². The van der Waals surface area contributed by atoms with Crippen molar-refractivity contribution in [3.63, 3.8) is 0 Å². The Kier molecular flexibility index (Phi) is 2030. The first-order chi connectivity index (χ1) is 0. The Morgan fingerprint density at radius 2 is 0.444 bits per heavy atom. The Labute approximate surface area is 124 Å². The van der Waals surface area contributed by atoms with Crippen molar-refractivity contribution in [1.82, 2.24) is 24.6 Å². The molecule has 0 aliphatic rings. The summed E-state index contributed by atoms with van der Waals surface area (Å²) in [4.78, 5) is 0. The second-order valence-corrected chi connectivity index (χ2v) is 0. The van der Waals surface area contributed by atoms with Crippen molar-refractivity contribution in [3.8, 4) is 0 Å². The van der Waals surface area contributed by atoms with Crippen molar-refractivity contribution < 1.29 is 83.7 Å². The molecular formula is H15AlN4Ti3V. The van der Waals surface area contributed by atoms with Gasteiger partial charge in [0.2, 0.25) is 0 Å². The van der Waals surface area contributed by atoms with E-state index in [4.69, 9.17) is 0 Å². The Hall–Kier alpha value is 3.10. The van der Waals surface area contributed by atoms with Crippen LogP contribution in [0.1, 0.15) is 0 Å². The molecule has 55 valence electrons. The summed E-state index contributed by atoms with van der Waals surface area (Å²) in [5, 5.41) is 0. The van der Waals surface area contributed by atoms with E-state index in [9.17, 15) is 0 Å². The molecule has 0 aromatic rings. The fourth-order valence-electron chi connectivity index (χ4n) is 0. The van der Waals surface area contributed by atoms with Crippen LogP contribution in [0.25, 0.3) is 0 Å². The zero-order valence-corrected chi connectivity index (χ0v) is 10.9. The molecule has 0 bridgehead atoms. The third-order valence-corrected chi connectivity index (χ3v) is 0. The van der Waals surface area contributed by atoms with E-state index in [0.29, 0.717) is 0 Å². The number of hydrogen-bond acceptors (Lipinski definition) is 4. The van der Waals surface area contributed by atoms with Crippen molar-refractivity contribution in [2.45, 2.75) is 0 Å². The van der Waals surface area contributed by atoms with Crippen LogP contribution in [0, 0.1) is 0 Å². The first-order valence-corrected chi connectivity index (χ1v) is 0. The maximum Gasteiger partial charge on any atom is 0.187 e. The molecule has 0 aliphatic carbocycles. The normalized spacial score (nSPS) is 0. The molecule has 0 rings (SSSR count). The standard InChI is InChI=1S/Al.4H3N.3Ti.V.3H/h;4*1H3;;;;;;;. The first-order valence-electron chi connectivity index (χ1n) is 0. The average Bonchev–Trinajstić information content (AvgIpc) is 0. The van der Waals surface area contributed by atoms with Crippen LogP contribution in [-0.4, -0.2) is 17.4 Å². The van der Waals surface area contributed by atoms with E-state index in [1.807, 2.05) is 0 Å². The van der Waals surface area contributed by atoms with Gasteiger partial charge >= 0.3 is 0 Å². The summed E-state index contributed by atoms with van der Waals surface area (Å²) in [5.74, 6) is 0. The molecule has 0 aliphatic heterocycles. The third kappa shape index (κ3) is 95.7. The molecule has 0 saturated carbocycles. The molecule has 0 amide bonds. The summed E-state index contributed by atoms with van der Waals surface area (Å²) in [5.41, 5.74) is 0. The van der Waals surface area contributed by atoms with Gasteiger partial charge in [0.25, 0.3) is 0 Å². The second-order valence-electron chi connectivity index (χ2n) is 0. The zero-order valence-electron chi connectivity index (χ0n) is 4.78. The van der Waals surface area contributed by atoms with E-state index < -0.39 is 0 Å². The van der Waals surface area contributed by atoms with Crippen LogP contribution < -0.4 is 24.6 Å². The Morgan fingerprint density at radius 3 is 0.444 bits per heavy atom. The Bertz CT molecular complexity index is 15.8. The molecule has 1 radical (unpaired) electrons. The fraction of sp³-hybridized carbons (Fsp3) is 0. The molecule has 4 nitrogen and oxygen atoms in total. The third-order valence-electron chi connectivity index (χ3n) is 0. The molecule has 0 spiro atoms. The van der Waals surface area contributed by atoms with Crippen molar-refractivity contribution in [2.24, 2.45) is 0 Å². The summed E-state index contributed by atoms with van der Waals surface area (Å²) < 4.78 is 0. The van der Waals surface area contributed by atoms with Gasteiger partial charge in [0.1, 0.15) is 0 Å². The van der Waals surface area contributed by atoms with Crippen molar-refractivity contribution in [2.75, 3.05) is 0 Å². The van der Waals surface area contributed by atoms with Crippen LogP contribution >= 0.6 is 0 Å². The maximum atomic E-state index is 0. The van der Waals surface area contributed by atoms with Crippen LogP contribution in [0.2, 0.25) is 0 Å². The molecule has 0 unspecified atom stereocenters. The molecule has 0 heterocycles. The van der Waals surface area contributed by atoms with E-state index in [1.54, 1.807) is 0 Å². The summed E-state index contributed by atoms with van der Waals surface area (Å²) in [7, 11) is 0.